The topological polar surface area (TPSA) is 59.3 Å². The number of pyridine rings is 1. The molecule has 22 heavy (non-hydrogen) atoms. The zero-order valence-electron chi connectivity index (χ0n) is 11.2. The molecule has 0 saturated carbocycles. The minimum atomic E-state index is -0.208. The Balaban J connectivity index is 1.64. The lowest BCUT2D eigenvalue weighted by molar-refractivity contribution is 0.102. The predicted octanol–water partition coefficient (Wildman–Crippen LogP) is 3.85. The second-order valence-electron chi connectivity index (χ2n) is 4.70. The van der Waals surface area contributed by atoms with Gasteiger partial charge in [0, 0.05) is 23.6 Å². The number of benzene rings is 1. The first-order valence-electron chi connectivity index (χ1n) is 6.49. The van der Waals surface area contributed by atoms with E-state index in [1.807, 2.05) is 12.1 Å². The minimum Gasteiger partial charge on any atom is -0.306 e. The number of hydrogen-bond donors (Lipinski definition) is 1. The maximum Gasteiger partial charge on any atom is 0.258 e. The van der Waals surface area contributed by atoms with E-state index in [0.717, 1.165) is 15.9 Å². The summed E-state index contributed by atoms with van der Waals surface area (Å²) in [6.45, 7) is 0. The van der Waals surface area contributed by atoms with Gasteiger partial charge in [-0.2, -0.15) is 0 Å². The molecule has 4 aromatic rings. The fourth-order valence-electron chi connectivity index (χ4n) is 2.18. The SMILES string of the molecule is O=C(Nc1nc2ccc(Cl)cc2s1)c1ccc2nccn2c1. The van der Waals surface area contributed by atoms with E-state index < -0.39 is 0 Å². The fourth-order valence-corrected chi connectivity index (χ4v) is 3.31. The Morgan fingerprint density at radius 2 is 2.18 bits per heavy atom. The second-order valence-corrected chi connectivity index (χ2v) is 6.16. The number of amides is 1. The van der Waals surface area contributed by atoms with Crippen molar-refractivity contribution in [3.63, 3.8) is 0 Å². The molecule has 1 aromatic carbocycles. The van der Waals surface area contributed by atoms with Gasteiger partial charge in [-0.25, -0.2) is 9.97 Å². The van der Waals surface area contributed by atoms with Crippen LogP contribution in [0.3, 0.4) is 0 Å². The lowest BCUT2D eigenvalue weighted by Gasteiger charge is -2.02. The van der Waals surface area contributed by atoms with Gasteiger partial charge >= 0.3 is 0 Å². The predicted molar refractivity (Wildman–Crippen MR) is 87.8 cm³/mol. The molecular weight excluding hydrogens is 320 g/mol. The van der Waals surface area contributed by atoms with Crippen molar-refractivity contribution in [2.24, 2.45) is 0 Å². The summed E-state index contributed by atoms with van der Waals surface area (Å²) >= 11 is 7.35. The first-order chi connectivity index (χ1) is 10.7. The van der Waals surface area contributed by atoms with Crippen molar-refractivity contribution in [2.75, 3.05) is 5.32 Å². The van der Waals surface area contributed by atoms with Crippen molar-refractivity contribution in [2.45, 2.75) is 0 Å². The largest absolute Gasteiger partial charge is 0.306 e. The van der Waals surface area contributed by atoms with Crippen molar-refractivity contribution < 1.29 is 4.79 Å². The van der Waals surface area contributed by atoms with Crippen LogP contribution in [0.4, 0.5) is 5.13 Å². The molecule has 0 atom stereocenters. The number of nitrogens with one attached hydrogen (secondary N) is 1. The summed E-state index contributed by atoms with van der Waals surface area (Å²) in [6, 6.07) is 8.99. The zero-order valence-corrected chi connectivity index (χ0v) is 12.7. The number of rotatable bonds is 2. The number of fused-ring (bicyclic) bond motifs is 2. The average molecular weight is 329 g/mol. The molecule has 3 heterocycles. The Hall–Kier alpha value is -2.44. The third-order valence-corrected chi connectivity index (χ3v) is 4.39. The summed E-state index contributed by atoms with van der Waals surface area (Å²) < 4.78 is 2.74. The van der Waals surface area contributed by atoms with E-state index in [9.17, 15) is 4.79 Å². The van der Waals surface area contributed by atoms with Crippen molar-refractivity contribution in [1.29, 1.82) is 0 Å². The van der Waals surface area contributed by atoms with E-state index in [-0.39, 0.29) is 5.91 Å². The number of carbonyl (C=O) groups is 1. The molecule has 0 saturated heterocycles. The van der Waals surface area contributed by atoms with Crippen molar-refractivity contribution in [3.8, 4) is 0 Å². The van der Waals surface area contributed by atoms with Gasteiger partial charge in [-0.15, -0.1) is 0 Å². The van der Waals surface area contributed by atoms with Crippen LogP contribution in [0, 0.1) is 0 Å². The van der Waals surface area contributed by atoms with E-state index >= 15 is 0 Å². The summed E-state index contributed by atoms with van der Waals surface area (Å²) in [5.41, 5.74) is 2.16. The first-order valence-corrected chi connectivity index (χ1v) is 7.69. The van der Waals surface area contributed by atoms with Crippen LogP contribution >= 0.6 is 22.9 Å². The summed E-state index contributed by atoms with van der Waals surface area (Å²) in [6.07, 6.45) is 5.22. The summed E-state index contributed by atoms with van der Waals surface area (Å²) in [5.74, 6) is -0.208. The first kappa shape index (κ1) is 13.2. The Morgan fingerprint density at radius 3 is 3.09 bits per heavy atom. The van der Waals surface area contributed by atoms with Crippen LogP contribution in [0.15, 0.2) is 48.9 Å². The molecule has 0 bridgehead atoms. The molecule has 0 spiro atoms. The van der Waals surface area contributed by atoms with Crippen molar-refractivity contribution >= 4 is 49.8 Å². The van der Waals surface area contributed by atoms with E-state index in [2.05, 4.69) is 15.3 Å². The van der Waals surface area contributed by atoms with Gasteiger partial charge in [0.15, 0.2) is 5.13 Å². The molecule has 0 radical (unpaired) electrons. The van der Waals surface area contributed by atoms with Gasteiger partial charge in [0.1, 0.15) is 5.65 Å². The van der Waals surface area contributed by atoms with E-state index in [1.165, 1.54) is 11.3 Å². The van der Waals surface area contributed by atoms with Gasteiger partial charge in [-0.3, -0.25) is 10.1 Å². The third-order valence-electron chi connectivity index (χ3n) is 3.22. The summed E-state index contributed by atoms with van der Waals surface area (Å²) in [7, 11) is 0. The van der Waals surface area contributed by atoms with Crippen LogP contribution in [0.25, 0.3) is 15.9 Å². The molecule has 0 aliphatic rings. The van der Waals surface area contributed by atoms with Gasteiger partial charge < -0.3 is 4.40 Å². The van der Waals surface area contributed by atoms with Crippen LogP contribution in [-0.4, -0.2) is 20.3 Å². The van der Waals surface area contributed by atoms with E-state index in [1.54, 1.807) is 41.2 Å². The van der Waals surface area contributed by atoms with Crippen LogP contribution < -0.4 is 5.32 Å². The van der Waals surface area contributed by atoms with Gasteiger partial charge in [-0.1, -0.05) is 22.9 Å². The molecule has 3 aromatic heterocycles. The van der Waals surface area contributed by atoms with Crippen LogP contribution in [0.2, 0.25) is 5.02 Å². The van der Waals surface area contributed by atoms with Crippen molar-refractivity contribution in [3.05, 3.63) is 59.5 Å². The normalized spacial score (nSPS) is 11.1. The quantitative estimate of drug-likeness (QED) is 0.608. The molecular formula is C15H9ClN4OS. The lowest BCUT2D eigenvalue weighted by Crippen LogP contribution is -2.12. The molecule has 0 fully saturated rings. The summed E-state index contributed by atoms with van der Waals surface area (Å²) in [5, 5.41) is 4.02. The van der Waals surface area contributed by atoms with Crippen LogP contribution in [0.1, 0.15) is 10.4 Å². The molecule has 1 amide bonds. The van der Waals surface area contributed by atoms with Gasteiger partial charge in [0.25, 0.3) is 5.91 Å². The number of nitrogens with zero attached hydrogens (tertiary/aromatic N) is 3. The van der Waals surface area contributed by atoms with Gasteiger partial charge in [0.2, 0.25) is 0 Å². The number of thiazole rings is 1. The Labute approximate surface area is 134 Å². The van der Waals surface area contributed by atoms with Crippen LogP contribution in [-0.2, 0) is 0 Å². The third kappa shape index (κ3) is 2.32. The number of anilines is 1. The zero-order chi connectivity index (χ0) is 15.1. The Morgan fingerprint density at radius 1 is 1.27 bits per heavy atom. The fraction of sp³-hybridized carbons (Fsp3) is 0. The molecule has 0 unspecified atom stereocenters. The van der Waals surface area contributed by atoms with Crippen molar-refractivity contribution in [1.82, 2.24) is 14.4 Å². The van der Waals surface area contributed by atoms with Gasteiger partial charge in [0.05, 0.1) is 15.8 Å². The second kappa shape index (κ2) is 5.08. The monoisotopic (exact) mass is 328 g/mol. The lowest BCUT2D eigenvalue weighted by atomic mass is 10.2. The number of hydrogen-bond acceptors (Lipinski definition) is 4. The molecule has 108 valence electrons. The molecule has 0 aliphatic heterocycles. The molecule has 4 rings (SSSR count). The average Bonchev–Trinajstić information content (AvgIpc) is 3.11. The van der Waals surface area contributed by atoms with E-state index in [4.69, 9.17) is 11.6 Å². The molecule has 7 heteroatoms. The summed E-state index contributed by atoms with van der Waals surface area (Å²) in [4.78, 5) is 20.8. The number of halogens is 1. The highest BCUT2D eigenvalue weighted by Crippen LogP contribution is 2.28. The maximum absolute atomic E-state index is 12.3. The molecule has 0 aliphatic carbocycles. The van der Waals surface area contributed by atoms with Gasteiger partial charge in [-0.05, 0) is 30.3 Å². The smallest absolute Gasteiger partial charge is 0.258 e. The highest BCUT2D eigenvalue weighted by Gasteiger charge is 2.11. The highest BCUT2D eigenvalue weighted by atomic mass is 35.5. The van der Waals surface area contributed by atoms with E-state index in [0.29, 0.717) is 15.7 Å². The highest BCUT2D eigenvalue weighted by molar-refractivity contribution is 7.22. The molecule has 1 N–H and O–H groups in total. The number of carbonyl (C=O) groups excluding carboxylic acids is 1. The van der Waals surface area contributed by atoms with Crippen LogP contribution in [0.5, 0.6) is 0 Å². The number of aromatic nitrogens is 3. The number of imidazole rings is 1. The Bertz CT molecular complexity index is 1010. The Kier molecular flexibility index (Phi) is 3.06. The maximum atomic E-state index is 12.3. The molecule has 5 nitrogen and oxygen atoms in total. The minimum absolute atomic E-state index is 0.208. The standard InChI is InChI=1S/C15H9ClN4OS/c16-10-2-3-11-12(7-10)22-15(18-11)19-14(21)9-1-4-13-17-5-6-20(13)8-9/h1-8H,(H,18,19,21).